The second-order valence-corrected chi connectivity index (χ2v) is 11.5. The molecule has 0 fully saturated rings. The van der Waals surface area contributed by atoms with Gasteiger partial charge in [-0.3, -0.25) is 24.8 Å². The maximum Gasteiger partial charge on any atom is 0.0807 e. The van der Waals surface area contributed by atoms with E-state index < -0.39 is 0 Å². The zero-order valence-electron chi connectivity index (χ0n) is 24.4. The summed E-state index contributed by atoms with van der Waals surface area (Å²) >= 11 is 6.27. The third-order valence-electron chi connectivity index (χ3n) is 7.95. The Kier molecular flexibility index (Phi) is 9.87. The van der Waals surface area contributed by atoms with E-state index in [0.29, 0.717) is 0 Å². The van der Waals surface area contributed by atoms with Gasteiger partial charge in [0.2, 0.25) is 0 Å². The molecular formula is C35H38ClN7. The van der Waals surface area contributed by atoms with Gasteiger partial charge in [-0.05, 0) is 65.6 Å². The van der Waals surface area contributed by atoms with Crippen LogP contribution in [0.4, 0.5) is 0 Å². The molecule has 1 aliphatic heterocycles. The second-order valence-electron chi connectivity index (χ2n) is 11.1. The average Bonchev–Trinajstić information content (AvgIpc) is 3.40. The van der Waals surface area contributed by atoms with Crippen molar-refractivity contribution >= 4 is 28.7 Å². The molecule has 0 amide bonds. The maximum absolute atomic E-state index is 6.27. The van der Waals surface area contributed by atoms with Gasteiger partial charge in [-0.1, -0.05) is 48.0 Å². The van der Waals surface area contributed by atoms with Gasteiger partial charge in [0.05, 0.1) is 17.9 Å². The molecule has 0 saturated heterocycles. The normalized spacial score (nSPS) is 13.7. The van der Waals surface area contributed by atoms with Gasteiger partial charge in [0, 0.05) is 92.6 Å². The van der Waals surface area contributed by atoms with Crippen molar-refractivity contribution < 1.29 is 0 Å². The third-order valence-corrected chi connectivity index (χ3v) is 8.18. The van der Waals surface area contributed by atoms with Gasteiger partial charge in [-0.2, -0.15) is 0 Å². The van der Waals surface area contributed by atoms with Crippen molar-refractivity contribution in [3.63, 3.8) is 0 Å². The first-order valence-electron chi connectivity index (χ1n) is 15.0. The highest BCUT2D eigenvalue weighted by molar-refractivity contribution is 6.31. The van der Waals surface area contributed by atoms with Crippen molar-refractivity contribution in [2.45, 2.75) is 32.6 Å². The van der Waals surface area contributed by atoms with E-state index in [0.717, 1.165) is 81.7 Å². The molecule has 0 bridgehead atoms. The molecule has 4 heterocycles. The highest BCUT2D eigenvalue weighted by Gasteiger charge is 2.21. The number of hydrogen-bond acceptors (Lipinski definition) is 6. The lowest BCUT2D eigenvalue weighted by Crippen LogP contribution is -2.33. The van der Waals surface area contributed by atoms with Gasteiger partial charge in [-0.25, -0.2) is 0 Å². The van der Waals surface area contributed by atoms with Crippen LogP contribution in [0.2, 0.25) is 5.02 Å². The minimum atomic E-state index is 0.728. The molecule has 2 aromatic carbocycles. The van der Waals surface area contributed by atoms with Crippen molar-refractivity contribution in [3.8, 4) is 0 Å². The van der Waals surface area contributed by atoms with Crippen molar-refractivity contribution in [1.82, 2.24) is 30.1 Å². The Morgan fingerprint density at radius 2 is 1.79 bits per heavy atom. The summed E-state index contributed by atoms with van der Waals surface area (Å²) in [7, 11) is 0. The molecule has 43 heavy (non-hydrogen) atoms. The highest BCUT2D eigenvalue weighted by atomic mass is 35.5. The molecular weight excluding hydrogens is 554 g/mol. The zero-order chi connectivity index (χ0) is 29.3. The van der Waals surface area contributed by atoms with Crippen LogP contribution in [0.5, 0.6) is 0 Å². The maximum atomic E-state index is 6.27. The zero-order valence-corrected chi connectivity index (χ0v) is 25.2. The van der Waals surface area contributed by atoms with Gasteiger partial charge >= 0.3 is 0 Å². The van der Waals surface area contributed by atoms with Crippen LogP contribution < -0.4 is 5.32 Å². The molecule has 2 N–H and O–H groups in total. The molecule has 0 aliphatic carbocycles. The molecule has 0 radical (unpaired) electrons. The SMILES string of the molecule is Clc1ccc2[nH]c3c(c2c1)CCN(Cc1ccc(CN(CCN=Cc2ccccn2)CCNCc2ccccn2)cc1)C3. The number of hydrogen-bond donors (Lipinski definition) is 2. The van der Waals surface area contributed by atoms with Crippen LogP contribution in [-0.4, -0.2) is 63.7 Å². The smallest absolute Gasteiger partial charge is 0.0807 e. The number of fused-ring (bicyclic) bond motifs is 3. The monoisotopic (exact) mass is 591 g/mol. The lowest BCUT2D eigenvalue weighted by atomic mass is 10.0. The standard InChI is InChI=1S/C35H38ClN7/c36-29-11-12-34-33(21-29)32-13-18-43(26-35(32)41-34)25-28-9-7-27(8-10-28)24-42(19-16-37-22-30-5-1-3-14-39-30)20-17-38-23-31-6-2-4-15-40-31/h1-12,14-15,21-22,38,41H,13,16-20,23-26H2. The van der Waals surface area contributed by atoms with Crippen LogP contribution in [-0.2, 0) is 32.6 Å². The van der Waals surface area contributed by atoms with E-state index in [1.54, 1.807) is 6.20 Å². The summed E-state index contributed by atoms with van der Waals surface area (Å²) < 4.78 is 0. The van der Waals surface area contributed by atoms with Crippen LogP contribution >= 0.6 is 11.6 Å². The van der Waals surface area contributed by atoms with Crippen molar-refractivity contribution in [1.29, 1.82) is 0 Å². The summed E-state index contributed by atoms with van der Waals surface area (Å²) in [6, 6.07) is 27.2. The Morgan fingerprint density at radius 1 is 0.953 bits per heavy atom. The lowest BCUT2D eigenvalue weighted by molar-refractivity contribution is 0.243. The average molecular weight is 592 g/mol. The molecule has 3 aromatic heterocycles. The Morgan fingerprint density at radius 3 is 2.60 bits per heavy atom. The fraction of sp³-hybridized carbons (Fsp3) is 0.286. The number of aromatic amines is 1. The number of H-pyrrole nitrogens is 1. The predicted molar refractivity (Wildman–Crippen MR) is 175 cm³/mol. The number of benzene rings is 2. The van der Waals surface area contributed by atoms with E-state index in [1.807, 2.05) is 48.8 Å². The Balaban J connectivity index is 1.03. The summed E-state index contributed by atoms with van der Waals surface area (Å²) in [4.78, 5) is 22.0. The first-order valence-corrected chi connectivity index (χ1v) is 15.4. The summed E-state index contributed by atoms with van der Waals surface area (Å²) in [5.74, 6) is 0. The second kappa shape index (κ2) is 14.5. The number of halogens is 1. The fourth-order valence-electron chi connectivity index (χ4n) is 5.71. The van der Waals surface area contributed by atoms with Crippen LogP contribution in [0, 0.1) is 0 Å². The number of pyridine rings is 2. The van der Waals surface area contributed by atoms with E-state index in [-0.39, 0.29) is 0 Å². The molecule has 0 saturated carbocycles. The van der Waals surface area contributed by atoms with Crippen LogP contribution in [0.1, 0.15) is 33.8 Å². The minimum Gasteiger partial charge on any atom is -0.357 e. The number of aliphatic imine (C=N–C) groups is 1. The Bertz CT molecular complexity index is 1620. The minimum absolute atomic E-state index is 0.728. The van der Waals surface area contributed by atoms with Gasteiger partial charge in [0.1, 0.15) is 0 Å². The van der Waals surface area contributed by atoms with E-state index >= 15 is 0 Å². The molecule has 6 rings (SSSR count). The largest absolute Gasteiger partial charge is 0.357 e. The molecule has 220 valence electrons. The van der Waals surface area contributed by atoms with E-state index in [4.69, 9.17) is 11.6 Å². The number of rotatable bonds is 13. The predicted octanol–water partition coefficient (Wildman–Crippen LogP) is 5.88. The summed E-state index contributed by atoms with van der Waals surface area (Å²) in [5.41, 5.74) is 8.52. The molecule has 0 atom stereocenters. The topological polar surface area (TPSA) is 72.4 Å². The molecule has 0 spiro atoms. The number of nitrogens with one attached hydrogen (secondary N) is 2. The van der Waals surface area contributed by atoms with Gasteiger partial charge in [0.15, 0.2) is 0 Å². The van der Waals surface area contributed by atoms with Crippen molar-refractivity contribution in [2.24, 2.45) is 4.99 Å². The Hall–Kier alpha value is -3.88. The van der Waals surface area contributed by atoms with E-state index in [1.165, 1.54) is 33.3 Å². The summed E-state index contributed by atoms with van der Waals surface area (Å²) in [6.45, 7) is 8.00. The molecule has 7 nitrogen and oxygen atoms in total. The highest BCUT2D eigenvalue weighted by Crippen LogP contribution is 2.30. The van der Waals surface area contributed by atoms with Crippen LogP contribution in [0.3, 0.4) is 0 Å². The molecule has 5 aromatic rings. The lowest BCUT2D eigenvalue weighted by Gasteiger charge is -2.27. The molecule has 8 heteroatoms. The number of aromatic nitrogens is 3. The van der Waals surface area contributed by atoms with Crippen LogP contribution in [0.15, 0.2) is 96.2 Å². The fourth-order valence-corrected chi connectivity index (χ4v) is 5.88. The van der Waals surface area contributed by atoms with E-state index in [9.17, 15) is 0 Å². The number of nitrogens with zero attached hydrogens (tertiary/aromatic N) is 5. The summed E-state index contributed by atoms with van der Waals surface area (Å²) in [6.07, 6.45) is 6.54. The van der Waals surface area contributed by atoms with Crippen molar-refractivity contribution in [2.75, 3.05) is 32.7 Å². The quantitative estimate of drug-likeness (QED) is 0.132. The van der Waals surface area contributed by atoms with Gasteiger partial charge in [-0.15, -0.1) is 0 Å². The first kappa shape index (κ1) is 29.2. The van der Waals surface area contributed by atoms with Crippen LogP contribution in [0.25, 0.3) is 10.9 Å². The Labute approximate surface area is 258 Å². The van der Waals surface area contributed by atoms with Gasteiger partial charge in [0.25, 0.3) is 0 Å². The summed E-state index contributed by atoms with van der Waals surface area (Å²) in [5, 5.41) is 5.61. The van der Waals surface area contributed by atoms with E-state index in [2.05, 4.69) is 77.5 Å². The molecule has 0 unspecified atom stereocenters. The molecule has 1 aliphatic rings. The van der Waals surface area contributed by atoms with Gasteiger partial charge < -0.3 is 10.3 Å². The first-order chi connectivity index (χ1) is 21.2. The third kappa shape index (κ3) is 8.15. The van der Waals surface area contributed by atoms with Crippen molar-refractivity contribution in [3.05, 3.63) is 130 Å².